The fourth-order valence-corrected chi connectivity index (χ4v) is 1.73. The molecule has 0 aromatic carbocycles. The quantitative estimate of drug-likeness (QED) is 0.457. The van der Waals surface area contributed by atoms with Crippen molar-refractivity contribution < 1.29 is 19.8 Å². The zero-order valence-electron chi connectivity index (χ0n) is 11.9. The van der Waals surface area contributed by atoms with Crippen molar-refractivity contribution in [2.45, 2.75) is 64.6 Å². The summed E-state index contributed by atoms with van der Waals surface area (Å²) in [6.07, 6.45) is 2.04. The molecule has 6 heteroatoms. The van der Waals surface area contributed by atoms with Crippen LogP contribution < -0.4 is 11.1 Å². The van der Waals surface area contributed by atoms with Gasteiger partial charge in [0.1, 0.15) is 12.1 Å². The number of unbranched alkanes of at least 4 members (excludes halogenated alkanes) is 2. The molecule has 0 heterocycles. The number of aliphatic hydroxyl groups excluding tert-OH is 1. The second kappa shape index (κ2) is 8.87. The topological polar surface area (TPSA) is 113 Å². The summed E-state index contributed by atoms with van der Waals surface area (Å²) in [6, 6.07) is -1.67. The van der Waals surface area contributed by atoms with Crippen molar-refractivity contribution in [3.63, 3.8) is 0 Å². The number of carboxylic acid groups (broad SMARTS) is 1. The molecule has 0 rings (SSSR count). The second-order valence-corrected chi connectivity index (χ2v) is 5.17. The first kappa shape index (κ1) is 17.9. The Labute approximate surface area is 114 Å². The molecule has 0 unspecified atom stereocenters. The van der Waals surface area contributed by atoms with Gasteiger partial charge in [-0.05, 0) is 12.3 Å². The van der Waals surface area contributed by atoms with Crippen LogP contribution in [0.2, 0.25) is 0 Å². The highest BCUT2D eigenvalue weighted by atomic mass is 16.4. The zero-order chi connectivity index (χ0) is 15.0. The predicted molar refractivity (Wildman–Crippen MR) is 72.5 cm³/mol. The van der Waals surface area contributed by atoms with E-state index in [1.807, 2.05) is 0 Å². The van der Waals surface area contributed by atoms with Crippen molar-refractivity contribution in [3.05, 3.63) is 0 Å². The average Bonchev–Trinajstić information content (AvgIpc) is 2.33. The van der Waals surface area contributed by atoms with Crippen LogP contribution in [0.15, 0.2) is 0 Å². The molecule has 0 aliphatic carbocycles. The van der Waals surface area contributed by atoms with Crippen LogP contribution in [0.25, 0.3) is 0 Å². The van der Waals surface area contributed by atoms with Crippen LogP contribution in [0, 0.1) is 5.92 Å². The number of amides is 1. The molecule has 5 N–H and O–H groups in total. The average molecular weight is 274 g/mol. The summed E-state index contributed by atoms with van der Waals surface area (Å²) in [5.41, 5.74) is 5.73. The van der Waals surface area contributed by atoms with Crippen molar-refractivity contribution in [1.29, 1.82) is 0 Å². The first-order chi connectivity index (χ1) is 8.81. The summed E-state index contributed by atoms with van der Waals surface area (Å²) >= 11 is 0. The third-order valence-electron chi connectivity index (χ3n) is 3.05. The minimum Gasteiger partial charge on any atom is -0.480 e. The molecule has 0 aliphatic rings. The predicted octanol–water partition coefficient (Wildman–Crippen LogP) is 0.480. The molecule has 112 valence electrons. The monoisotopic (exact) mass is 274 g/mol. The molecule has 0 aromatic rings. The fourth-order valence-electron chi connectivity index (χ4n) is 1.73. The van der Waals surface area contributed by atoms with Gasteiger partial charge in [0.2, 0.25) is 0 Å². The lowest BCUT2D eigenvalue weighted by atomic mass is 10.0. The number of carbonyl (C=O) groups is 2. The van der Waals surface area contributed by atoms with Crippen LogP contribution in [-0.2, 0) is 9.59 Å². The van der Waals surface area contributed by atoms with Gasteiger partial charge in [0.05, 0.1) is 0 Å². The largest absolute Gasteiger partial charge is 0.480 e. The number of nitrogens with one attached hydrogen (secondary N) is 1. The highest BCUT2D eigenvalue weighted by Crippen LogP contribution is 2.07. The molecule has 0 aromatic heterocycles. The van der Waals surface area contributed by atoms with Crippen molar-refractivity contribution in [2.24, 2.45) is 11.7 Å². The highest BCUT2D eigenvalue weighted by molar-refractivity contribution is 5.86. The van der Waals surface area contributed by atoms with Gasteiger partial charge in [-0.3, -0.25) is 4.79 Å². The minimum atomic E-state index is -1.36. The second-order valence-electron chi connectivity index (χ2n) is 5.17. The molecule has 6 nitrogen and oxygen atoms in total. The Morgan fingerprint density at radius 3 is 2.26 bits per heavy atom. The number of carboxylic acids is 1. The van der Waals surface area contributed by atoms with E-state index < -0.39 is 30.1 Å². The lowest BCUT2D eigenvalue weighted by molar-refractivity contribution is -0.145. The van der Waals surface area contributed by atoms with E-state index in [0.717, 1.165) is 19.3 Å². The zero-order valence-corrected chi connectivity index (χ0v) is 11.9. The Morgan fingerprint density at radius 1 is 1.26 bits per heavy atom. The maximum atomic E-state index is 11.7. The van der Waals surface area contributed by atoms with E-state index in [0.29, 0.717) is 6.42 Å². The van der Waals surface area contributed by atoms with Crippen LogP contribution in [0.5, 0.6) is 0 Å². The molecule has 0 bridgehead atoms. The first-order valence-corrected chi connectivity index (χ1v) is 6.78. The van der Waals surface area contributed by atoms with Gasteiger partial charge in [0.25, 0.3) is 5.91 Å². The maximum Gasteiger partial charge on any atom is 0.326 e. The molecule has 19 heavy (non-hydrogen) atoms. The normalized spacial score (nSPS) is 15.9. The van der Waals surface area contributed by atoms with Gasteiger partial charge < -0.3 is 21.3 Å². The number of nitrogens with two attached hydrogens (primary N) is 1. The highest BCUT2D eigenvalue weighted by Gasteiger charge is 2.29. The first-order valence-electron chi connectivity index (χ1n) is 6.78. The van der Waals surface area contributed by atoms with Crippen LogP contribution in [-0.4, -0.2) is 40.3 Å². The molecule has 3 atom stereocenters. The number of carbonyl (C=O) groups excluding carboxylic acids is 1. The van der Waals surface area contributed by atoms with Gasteiger partial charge in [0, 0.05) is 6.04 Å². The van der Waals surface area contributed by atoms with Gasteiger partial charge in [-0.25, -0.2) is 4.79 Å². The van der Waals surface area contributed by atoms with Crippen LogP contribution in [0.1, 0.15) is 46.5 Å². The Bertz CT molecular complexity index is 294. The van der Waals surface area contributed by atoms with Gasteiger partial charge in [-0.1, -0.05) is 40.0 Å². The third kappa shape index (κ3) is 6.54. The summed E-state index contributed by atoms with van der Waals surface area (Å²) in [5.74, 6) is -2.09. The number of hydrogen-bond donors (Lipinski definition) is 4. The fraction of sp³-hybridized carbons (Fsp3) is 0.846. The van der Waals surface area contributed by atoms with Crippen LogP contribution in [0.3, 0.4) is 0 Å². The lowest BCUT2D eigenvalue weighted by Gasteiger charge is -2.23. The van der Waals surface area contributed by atoms with Crippen molar-refractivity contribution in [2.75, 3.05) is 0 Å². The van der Waals surface area contributed by atoms with Crippen molar-refractivity contribution in [1.82, 2.24) is 5.32 Å². The number of rotatable bonds is 9. The summed E-state index contributed by atoms with van der Waals surface area (Å²) in [6.45, 7) is 5.42. The maximum absolute atomic E-state index is 11.7. The molecule has 0 saturated heterocycles. The van der Waals surface area contributed by atoms with E-state index in [4.69, 9.17) is 10.8 Å². The van der Waals surface area contributed by atoms with Gasteiger partial charge in [-0.15, -0.1) is 0 Å². The van der Waals surface area contributed by atoms with Crippen LogP contribution >= 0.6 is 0 Å². The molecule has 0 aliphatic heterocycles. The van der Waals surface area contributed by atoms with E-state index in [1.165, 1.54) is 0 Å². The Morgan fingerprint density at radius 2 is 1.84 bits per heavy atom. The Hall–Kier alpha value is -1.14. The van der Waals surface area contributed by atoms with Gasteiger partial charge >= 0.3 is 5.97 Å². The van der Waals surface area contributed by atoms with E-state index in [9.17, 15) is 14.7 Å². The number of aliphatic hydroxyl groups is 1. The SMILES string of the molecule is CCCCC[C@@H](N)[C@@H](O)C(=O)N[C@H](C(=O)O)C(C)C. The van der Waals surface area contributed by atoms with E-state index >= 15 is 0 Å². The number of aliphatic carboxylic acids is 1. The van der Waals surface area contributed by atoms with E-state index in [1.54, 1.807) is 13.8 Å². The van der Waals surface area contributed by atoms with Crippen LogP contribution in [0.4, 0.5) is 0 Å². The Balaban J connectivity index is 4.35. The van der Waals surface area contributed by atoms with Gasteiger partial charge in [0.15, 0.2) is 0 Å². The molecule has 0 spiro atoms. The van der Waals surface area contributed by atoms with E-state index in [2.05, 4.69) is 12.2 Å². The minimum absolute atomic E-state index is 0.259. The van der Waals surface area contributed by atoms with Gasteiger partial charge in [-0.2, -0.15) is 0 Å². The summed E-state index contributed by atoms with van der Waals surface area (Å²) in [4.78, 5) is 22.7. The molecule has 0 radical (unpaired) electrons. The van der Waals surface area contributed by atoms with Crippen molar-refractivity contribution >= 4 is 11.9 Å². The third-order valence-corrected chi connectivity index (χ3v) is 3.05. The summed E-state index contributed by atoms with van der Waals surface area (Å²) < 4.78 is 0. The van der Waals surface area contributed by atoms with Crippen molar-refractivity contribution in [3.8, 4) is 0 Å². The molecule has 0 fully saturated rings. The smallest absolute Gasteiger partial charge is 0.326 e. The Kier molecular flexibility index (Phi) is 8.34. The molecule has 1 amide bonds. The standard InChI is InChI=1S/C13H26N2O4/c1-4-5-6-7-9(14)11(16)12(17)15-10(8(2)3)13(18)19/h8-11,16H,4-7,14H2,1-3H3,(H,15,17)(H,18,19)/t9-,10+,11-/m1/s1. The number of hydrogen-bond acceptors (Lipinski definition) is 4. The molecular formula is C13H26N2O4. The summed E-state index contributed by atoms with van der Waals surface area (Å²) in [5, 5.41) is 21.0. The van der Waals surface area contributed by atoms with E-state index in [-0.39, 0.29) is 5.92 Å². The summed E-state index contributed by atoms with van der Waals surface area (Å²) in [7, 11) is 0. The molecular weight excluding hydrogens is 248 g/mol. The molecule has 0 saturated carbocycles. The lowest BCUT2D eigenvalue weighted by Crippen LogP contribution is -2.52.